The highest BCUT2D eigenvalue weighted by Gasteiger charge is 1.97. The number of rotatable bonds is 8. The Morgan fingerprint density at radius 1 is 1.17 bits per heavy atom. The van der Waals surface area contributed by atoms with Gasteiger partial charge >= 0.3 is 0 Å². The normalized spacial score (nSPS) is 10.4. The Balaban J connectivity index is 1.47. The van der Waals surface area contributed by atoms with Crippen molar-refractivity contribution in [1.29, 1.82) is 0 Å². The number of nitrogens with zero attached hydrogens (tertiary/aromatic N) is 2. The van der Waals surface area contributed by atoms with Crippen LogP contribution in [0, 0.1) is 0 Å². The van der Waals surface area contributed by atoms with Crippen LogP contribution in [-0.2, 0) is 6.42 Å². The van der Waals surface area contributed by atoms with Crippen LogP contribution in [0.25, 0.3) is 0 Å². The average molecular weight is 247 g/mol. The molecular formula is C13H17N3O2. The summed E-state index contributed by atoms with van der Waals surface area (Å²) in [6.45, 7) is 2.48. The lowest BCUT2D eigenvalue weighted by Gasteiger charge is -2.06. The van der Waals surface area contributed by atoms with Crippen LogP contribution in [0.15, 0.2) is 41.2 Å². The minimum atomic E-state index is 0.669. The molecule has 2 aromatic rings. The van der Waals surface area contributed by atoms with Crippen molar-refractivity contribution in [3.05, 3.63) is 42.5 Å². The second-order valence-electron chi connectivity index (χ2n) is 3.85. The third-order valence-electron chi connectivity index (χ3n) is 2.43. The first-order valence-corrected chi connectivity index (χ1v) is 6.09. The fraction of sp³-hybridized carbons (Fsp3) is 0.385. The topological polar surface area (TPSA) is 60.2 Å². The quantitative estimate of drug-likeness (QED) is 0.719. The number of ether oxygens (including phenoxy) is 1. The van der Waals surface area contributed by atoms with Crippen molar-refractivity contribution in [2.45, 2.75) is 12.8 Å². The van der Waals surface area contributed by atoms with Crippen molar-refractivity contribution in [2.75, 3.05) is 19.7 Å². The van der Waals surface area contributed by atoms with E-state index in [4.69, 9.17) is 9.26 Å². The van der Waals surface area contributed by atoms with Gasteiger partial charge in [-0.2, -0.15) is 4.98 Å². The van der Waals surface area contributed by atoms with E-state index in [9.17, 15) is 0 Å². The van der Waals surface area contributed by atoms with Crippen molar-refractivity contribution in [2.24, 2.45) is 0 Å². The van der Waals surface area contributed by atoms with E-state index < -0.39 is 0 Å². The van der Waals surface area contributed by atoms with Crippen LogP contribution < -0.4 is 10.1 Å². The second kappa shape index (κ2) is 7.45. The molecule has 0 amide bonds. The Kier molecular flexibility index (Phi) is 5.20. The van der Waals surface area contributed by atoms with Crippen molar-refractivity contribution in [3.63, 3.8) is 0 Å². The summed E-state index contributed by atoms with van der Waals surface area (Å²) in [5.41, 5.74) is 0. The van der Waals surface area contributed by atoms with Gasteiger partial charge in [0.1, 0.15) is 5.75 Å². The van der Waals surface area contributed by atoms with E-state index in [0.29, 0.717) is 5.89 Å². The zero-order valence-corrected chi connectivity index (χ0v) is 10.2. The molecule has 5 nitrogen and oxygen atoms in total. The number of nitrogens with one attached hydrogen (secondary N) is 1. The van der Waals surface area contributed by atoms with Gasteiger partial charge in [-0.05, 0) is 25.1 Å². The van der Waals surface area contributed by atoms with Crippen molar-refractivity contribution >= 4 is 0 Å². The summed E-state index contributed by atoms with van der Waals surface area (Å²) in [7, 11) is 0. The molecular weight excluding hydrogens is 230 g/mol. The fourth-order valence-corrected chi connectivity index (χ4v) is 1.53. The van der Waals surface area contributed by atoms with Gasteiger partial charge in [0.05, 0.1) is 6.61 Å². The van der Waals surface area contributed by atoms with Gasteiger partial charge in [-0.25, -0.2) is 0 Å². The molecule has 0 saturated heterocycles. The predicted octanol–water partition coefficient (Wildman–Crippen LogP) is 1.67. The van der Waals surface area contributed by atoms with Crippen molar-refractivity contribution in [3.8, 4) is 5.75 Å². The molecule has 0 bridgehead atoms. The SMILES string of the molecule is c1ccc(OCCCNCCc2ncno2)cc1. The summed E-state index contributed by atoms with van der Waals surface area (Å²) >= 11 is 0. The van der Waals surface area contributed by atoms with Crippen LogP contribution in [0.4, 0.5) is 0 Å². The molecule has 0 aliphatic heterocycles. The Hall–Kier alpha value is -1.88. The molecule has 0 unspecified atom stereocenters. The minimum absolute atomic E-state index is 0.669. The molecule has 0 atom stereocenters. The third kappa shape index (κ3) is 4.55. The summed E-state index contributed by atoms with van der Waals surface area (Å²) < 4.78 is 10.5. The monoisotopic (exact) mass is 247 g/mol. The van der Waals surface area contributed by atoms with Crippen LogP contribution >= 0.6 is 0 Å². The smallest absolute Gasteiger partial charge is 0.227 e. The van der Waals surface area contributed by atoms with Gasteiger partial charge in [0.2, 0.25) is 5.89 Å². The molecule has 0 aliphatic rings. The van der Waals surface area contributed by atoms with Crippen LogP contribution in [0.2, 0.25) is 0 Å². The van der Waals surface area contributed by atoms with Gasteiger partial charge in [0.25, 0.3) is 0 Å². The lowest BCUT2D eigenvalue weighted by molar-refractivity contribution is 0.307. The first kappa shape index (κ1) is 12.6. The maximum absolute atomic E-state index is 5.58. The van der Waals surface area contributed by atoms with Gasteiger partial charge in [0, 0.05) is 13.0 Å². The number of hydrogen-bond acceptors (Lipinski definition) is 5. The molecule has 1 aromatic heterocycles. The molecule has 0 aliphatic carbocycles. The standard InChI is InChI=1S/C13H17N3O2/c1-2-5-12(6-3-1)17-10-4-8-14-9-7-13-15-11-16-18-13/h1-3,5-6,11,14H,4,7-10H2. The highest BCUT2D eigenvalue weighted by atomic mass is 16.5. The summed E-state index contributed by atoms with van der Waals surface area (Å²) in [5.74, 6) is 1.59. The minimum Gasteiger partial charge on any atom is -0.494 e. The van der Waals surface area contributed by atoms with Crippen molar-refractivity contribution < 1.29 is 9.26 Å². The molecule has 2 rings (SSSR count). The van der Waals surface area contributed by atoms with E-state index >= 15 is 0 Å². The molecule has 1 aromatic carbocycles. The summed E-state index contributed by atoms with van der Waals surface area (Å²) in [6.07, 6.45) is 3.15. The molecule has 5 heteroatoms. The van der Waals surface area contributed by atoms with E-state index in [1.165, 1.54) is 6.33 Å². The largest absolute Gasteiger partial charge is 0.494 e. The van der Waals surface area contributed by atoms with E-state index in [-0.39, 0.29) is 0 Å². The molecule has 18 heavy (non-hydrogen) atoms. The van der Waals surface area contributed by atoms with Crippen LogP contribution in [0.3, 0.4) is 0 Å². The summed E-state index contributed by atoms with van der Waals surface area (Å²) in [5, 5.41) is 6.85. The van der Waals surface area contributed by atoms with Gasteiger partial charge in [0.15, 0.2) is 6.33 Å². The summed E-state index contributed by atoms with van der Waals surface area (Å²) in [6, 6.07) is 9.84. The Morgan fingerprint density at radius 3 is 2.83 bits per heavy atom. The third-order valence-corrected chi connectivity index (χ3v) is 2.43. The zero-order valence-electron chi connectivity index (χ0n) is 10.2. The van der Waals surface area contributed by atoms with Gasteiger partial charge < -0.3 is 14.6 Å². The van der Waals surface area contributed by atoms with Crippen LogP contribution in [0.5, 0.6) is 5.75 Å². The molecule has 1 N–H and O–H groups in total. The van der Waals surface area contributed by atoms with Crippen molar-refractivity contribution in [1.82, 2.24) is 15.5 Å². The highest BCUT2D eigenvalue weighted by Crippen LogP contribution is 2.07. The maximum atomic E-state index is 5.58. The Bertz CT molecular complexity index is 417. The lowest BCUT2D eigenvalue weighted by atomic mass is 10.3. The van der Waals surface area contributed by atoms with Gasteiger partial charge in [-0.15, -0.1) is 0 Å². The molecule has 0 radical (unpaired) electrons. The van der Waals surface area contributed by atoms with E-state index in [1.807, 2.05) is 30.3 Å². The fourth-order valence-electron chi connectivity index (χ4n) is 1.53. The van der Waals surface area contributed by atoms with Crippen LogP contribution in [-0.4, -0.2) is 29.8 Å². The molecule has 0 fully saturated rings. The Morgan fingerprint density at radius 2 is 2.06 bits per heavy atom. The zero-order chi connectivity index (χ0) is 12.5. The molecule has 1 heterocycles. The number of aromatic nitrogens is 2. The Labute approximate surface area is 106 Å². The lowest BCUT2D eigenvalue weighted by Crippen LogP contribution is -2.20. The first-order chi connectivity index (χ1) is 8.95. The van der Waals surface area contributed by atoms with E-state index in [0.717, 1.165) is 38.3 Å². The van der Waals surface area contributed by atoms with E-state index in [1.54, 1.807) is 0 Å². The molecule has 96 valence electrons. The second-order valence-corrected chi connectivity index (χ2v) is 3.85. The summed E-state index contributed by atoms with van der Waals surface area (Å²) in [4.78, 5) is 3.95. The first-order valence-electron chi connectivity index (χ1n) is 6.09. The molecule has 0 spiro atoms. The van der Waals surface area contributed by atoms with Gasteiger partial charge in [-0.3, -0.25) is 0 Å². The average Bonchev–Trinajstić information content (AvgIpc) is 2.92. The maximum Gasteiger partial charge on any atom is 0.227 e. The number of para-hydroxylation sites is 1. The highest BCUT2D eigenvalue weighted by molar-refractivity contribution is 5.20. The predicted molar refractivity (Wildman–Crippen MR) is 67.4 cm³/mol. The molecule has 0 saturated carbocycles. The number of hydrogen-bond donors (Lipinski definition) is 1. The van der Waals surface area contributed by atoms with E-state index in [2.05, 4.69) is 15.5 Å². The number of benzene rings is 1. The van der Waals surface area contributed by atoms with Gasteiger partial charge in [-0.1, -0.05) is 23.4 Å². The van der Waals surface area contributed by atoms with Crippen LogP contribution in [0.1, 0.15) is 12.3 Å².